The highest BCUT2D eigenvalue weighted by Gasteiger charge is 2.34. The van der Waals surface area contributed by atoms with Gasteiger partial charge in [-0.25, -0.2) is 0 Å². The van der Waals surface area contributed by atoms with Crippen molar-refractivity contribution in [2.45, 2.75) is 31.6 Å². The van der Waals surface area contributed by atoms with Crippen LogP contribution < -0.4 is 0 Å². The third kappa shape index (κ3) is 2.18. The fourth-order valence-corrected chi connectivity index (χ4v) is 1.57. The molecule has 13 heavy (non-hydrogen) atoms. The van der Waals surface area contributed by atoms with E-state index in [1.54, 1.807) is 0 Å². The first-order chi connectivity index (χ1) is 6.06. The van der Waals surface area contributed by atoms with E-state index in [4.69, 9.17) is 10.2 Å². The van der Waals surface area contributed by atoms with Gasteiger partial charge in [0.1, 0.15) is 6.10 Å². The SMILES string of the molecule is CC(O)C(=O)N1C[C@@H](O)C[C@H]1CO. The molecule has 76 valence electrons. The molecule has 5 nitrogen and oxygen atoms in total. The predicted molar refractivity (Wildman–Crippen MR) is 44.9 cm³/mol. The molecule has 0 bridgehead atoms. The van der Waals surface area contributed by atoms with E-state index in [0.29, 0.717) is 6.42 Å². The van der Waals surface area contributed by atoms with Crippen LogP contribution in [0.4, 0.5) is 0 Å². The molecule has 0 spiro atoms. The Morgan fingerprint density at radius 2 is 2.31 bits per heavy atom. The standard InChI is InChI=1S/C8H15NO4/c1-5(11)8(13)9-3-7(12)2-6(9)4-10/h5-7,10-12H,2-4H2,1H3/t5?,6-,7-/m0/s1. The number of hydrogen-bond acceptors (Lipinski definition) is 4. The van der Waals surface area contributed by atoms with Gasteiger partial charge in [0.25, 0.3) is 5.91 Å². The first-order valence-electron chi connectivity index (χ1n) is 4.33. The highest BCUT2D eigenvalue weighted by atomic mass is 16.3. The molecule has 3 atom stereocenters. The molecule has 1 unspecified atom stereocenters. The Morgan fingerprint density at radius 1 is 1.69 bits per heavy atom. The van der Waals surface area contributed by atoms with E-state index in [1.165, 1.54) is 11.8 Å². The van der Waals surface area contributed by atoms with Crippen LogP contribution >= 0.6 is 0 Å². The summed E-state index contributed by atoms with van der Waals surface area (Å²) in [6.45, 7) is 1.41. The lowest BCUT2D eigenvalue weighted by molar-refractivity contribution is -0.141. The summed E-state index contributed by atoms with van der Waals surface area (Å²) in [6.07, 6.45) is -1.27. The predicted octanol–water partition coefficient (Wildman–Crippen LogP) is -1.68. The minimum absolute atomic E-state index is 0.171. The van der Waals surface area contributed by atoms with Crippen LogP contribution in [0.15, 0.2) is 0 Å². The number of hydrogen-bond donors (Lipinski definition) is 3. The lowest BCUT2D eigenvalue weighted by Crippen LogP contribution is -2.42. The lowest BCUT2D eigenvalue weighted by Gasteiger charge is -2.23. The second-order valence-corrected chi connectivity index (χ2v) is 3.39. The van der Waals surface area contributed by atoms with Crippen LogP contribution in [0.2, 0.25) is 0 Å². The molecule has 0 aromatic rings. The Balaban J connectivity index is 2.62. The number of aliphatic hydroxyl groups excluding tert-OH is 3. The lowest BCUT2D eigenvalue weighted by atomic mass is 10.2. The third-order valence-electron chi connectivity index (χ3n) is 2.24. The summed E-state index contributed by atoms with van der Waals surface area (Å²) in [7, 11) is 0. The third-order valence-corrected chi connectivity index (χ3v) is 2.24. The second-order valence-electron chi connectivity index (χ2n) is 3.39. The molecule has 5 heteroatoms. The first kappa shape index (κ1) is 10.4. The topological polar surface area (TPSA) is 81.0 Å². The number of likely N-dealkylation sites (tertiary alicyclic amines) is 1. The van der Waals surface area contributed by atoms with Crippen LogP contribution in [-0.4, -0.2) is 57.5 Å². The Morgan fingerprint density at radius 3 is 2.77 bits per heavy atom. The molecule has 1 aliphatic heterocycles. The molecule has 1 amide bonds. The Hall–Kier alpha value is -0.650. The van der Waals surface area contributed by atoms with Gasteiger partial charge >= 0.3 is 0 Å². The van der Waals surface area contributed by atoms with E-state index in [9.17, 15) is 9.90 Å². The molecule has 1 aliphatic rings. The summed E-state index contributed by atoms with van der Waals surface area (Å²) < 4.78 is 0. The molecule has 1 heterocycles. The zero-order valence-electron chi connectivity index (χ0n) is 7.55. The maximum absolute atomic E-state index is 11.3. The largest absolute Gasteiger partial charge is 0.394 e. The molecule has 1 saturated heterocycles. The summed E-state index contributed by atoms with van der Waals surface area (Å²) in [5, 5.41) is 27.2. The van der Waals surface area contributed by atoms with E-state index >= 15 is 0 Å². The van der Waals surface area contributed by atoms with E-state index in [2.05, 4.69) is 0 Å². The van der Waals surface area contributed by atoms with Crippen LogP contribution in [0.5, 0.6) is 0 Å². The minimum atomic E-state index is -1.07. The van der Waals surface area contributed by atoms with Crippen LogP contribution in [-0.2, 0) is 4.79 Å². The van der Waals surface area contributed by atoms with Crippen molar-refractivity contribution in [1.82, 2.24) is 4.90 Å². The molecule has 1 fully saturated rings. The average Bonchev–Trinajstić information content (AvgIpc) is 2.45. The van der Waals surface area contributed by atoms with Gasteiger partial charge in [-0.15, -0.1) is 0 Å². The monoisotopic (exact) mass is 189 g/mol. The van der Waals surface area contributed by atoms with Crippen molar-refractivity contribution >= 4 is 5.91 Å². The van der Waals surface area contributed by atoms with Gasteiger partial charge in [-0.05, 0) is 13.3 Å². The van der Waals surface area contributed by atoms with Crippen molar-refractivity contribution in [3.8, 4) is 0 Å². The normalized spacial score (nSPS) is 30.6. The molecule has 0 aromatic heterocycles. The smallest absolute Gasteiger partial charge is 0.251 e. The summed E-state index contributed by atoms with van der Waals surface area (Å²) in [6, 6.07) is -0.350. The second kappa shape index (κ2) is 4.04. The quantitative estimate of drug-likeness (QED) is 0.484. The average molecular weight is 189 g/mol. The van der Waals surface area contributed by atoms with Crippen LogP contribution in [0.25, 0.3) is 0 Å². The van der Waals surface area contributed by atoms with Gasteiger partial charge in [0.15, 0.2) is 0 Å². The van der Waals surface area contributed by atoms with Crippen molar-refractivity contribution in [1.29, 1.82) is 0 Å². The van der Waals surface area contributed by atoms with E-state index in [0.717, 1.165) is 0 Å². The maximum atomic E-state index is 11.3. The molecular weight excluding hydrogens is 174 g/mol. The summed E-state index contributed by atoms with van der Waals surface area (Å²) >= 11 is 0. The zero-order chi connectivity index (χ0) is 10.0. The van der Waals surface area contributed by atoms with Crippen molar-refractivity contribution in [2.24, 2.45) is 0 Å². The van der Waals surface area contributed by atoms with Crippen LogP contribution in [0.1, 0.15) is 13.3 Å². The molecule has 0 aliphatic carbocycles. The van der Waals surface area contributed by atoms with E-state index < -0.39 is 18.1 Å². The van der Waals surface area contributed by atoms with Crippen molar-refractivity contribution in [2.75, 3.05) is 13.2 Å². The Kier molecular flexibility index (Phi) is 3.24. The van der Waals surface area contributed by atoms with Gasteiger partial charge in [0, 0.05) is 6.54 Å². The van der Waals surface area contributed by atoms with Crippen molar-refractivity contribution in [3.05, 3.63) is 0 Å². The van der Waals surface area contributed by atoms with Crippen molar-refractivity contribution < 1.29 is 20.1 Å². The fraction of sp³-hybridized carbons (Fsp3) is 0.875. The number of rotatable bonds is 2. The van der Waals surface area contributed by atoms with Crippen LogP contribution in [0, 0.1) is 0 Å². The van der Waals surface area contributed by atoms with E-state index in [-0.39, 0.29) is 19.2 Å². The number of carbonyl (C=O) groups is 1. The minimum Gasteiger partial charge on any atom is -0.394 e. The van der Waals surface area contributed by atoms with Crippen LogP contribution in [0.3, 0.4) is 0 Å². The fourth-order valence-electron chi connectivity index (χ4n) is 1.57. The highest BCUT2D eigenvalue weighted by Crippen LogP contribution is 2.18. The molecule has 3 N–H and O–H groups in total. The maximum Gasteiger partial charge on any atom is 0.251 e. The zero-order valence-corrected chi connectivity index (χ0v) is 7.55. The van der Waals surface area contributed by atoms with Crippen molar-refractivity contribution in [3.63, 3.8) is 0 Å². The summed E-state index contributed by atoms with van der Waals surface area (Å²) in [4.78, 5) is 12.6. The molecule has 0 radical (unpaired) electrons. The number of carbonyl (C=O) groups excluding carboxylic acids is 1. The highest BCUT2D eigenvalue weighted by molar-refractivity contribution is 5.80. The number of amides is 1. The van der Waals surface area contributed by atoms with Gasteiger partial charge in [-0.1, -0.05) is 0 Å². The van der Waals surface area contributed by atoms with Gasteiger partial charge in [-0.2, -0.15) is 0 Å². The van der Waals surface area contributed by atoms with Gasteiger partial charge in [-0.3, -0.25) is 4.79 Å². The Labute approximate surface area is 76.6 Å². The molecular formula is C8H15NO4. The molecule has 1 rings (SSSR count). The number of β-amino-alcohol motifs (C(OH)–C–C–N with tert-alkyl or cyclic N) is 1. The summed E-state index contributed by atoms with van der Waals surface area (Å²) in [5.41, 5.74) is 0. The Bertz CT molecular complexity index is 195. The number of nitrogens with zero attached hydrogens (tertiary/aromatic N) is 1. The van der Waals surface area contributed by atoms with Gasteiger partial charge in [0.05, 0.1) is 18.8 Å². The van der Waals surface area contributed by atoms with Gasteiger partial charge in [0.2, 0.25) is 0 Å². The molecule has 0 saturated carbocycles. The van der Waals surface area contributed by atoms with Gasteiger partial charge < -0.3 is 20.2 Å². The molecule has 0 aromatic carbocycles. The summed E-state index contributed by atoms with van der Waals surface area (Å²) in [5.74, 6) is -0.435. The first-order valence-corrected chi connectivity index (χ1v) is 4.33. The number of aliphatic hydroxyl groups is 3. The van der Waals surface area contributed by atoms with E-state index in [1.807, 2.05) is 0 Å².